The Morgan fingerprint density at radius 1 is 1.29 bits per heavy atom. The molecule has 0 aliphatic rings. The predicted octanol–water partition coefficient (Wildman–Crippen LogP) is 2.40. The number of nitrogens with zero attached hydrogens (tertiary/aromatic N) is 3. The van der Waals surface area contributed by atoms with E-state index in [1.54, 1.807) is 24.4 Å². The number of nitrogens with one attached hydrogen (secondary N) is 1. The van der Waals surface area contributed by atoms with Crippen LogP contribution >= 0.6 is 11.6 Å². The number of aromatic nitrogens is 3. The molecule has 2 aromatic heterocycles. The van der Waals surface area contributed by atoms with Gasteiger partial charge in [0.15, 0.2) is 5.65 Å². The van der Waals surface area contributed by atoms with Crippen molar-refractivity contribution in [1.29, 1.82) is 0 Å². The van der Waals surface area contributed by atoms with Crippen LogP contribution in [0.5, 0.6) is 0 Å². The van der Waals surface area contributed by atoms with Gasteiger partial charge >= 0.3 is 5.69 Å². The van der Waals surface area contributed by atoms with Crippen molar-refractivity contribution in [2.45, 2.75) is 6.54 Å². The first kappa shape index (κ1) is 13.6. The summed E-state index contributed by atoms with van der Waals surface area (Å²) < 4.78 is 15.9. The number of hydrogen-bond acceptors (Lipinski definition) is 3. The van der Waals surface area contributed by atoms with Gasteiger partial charge in [-0.15, -0.1) is 5.10 Å². The summed E-state index contributed by atoms with van der Waals surface area (Å²) in [7, 11) is 0. The number of halogens is 2. The summed E-state index contributed by atoms with van der Waals surface area (Å²) in [6, 6.07) is 9.76. The smallest absolute Gasteiger partial charge is 0.350 e. The monoisotopic (exact) mass is 306 g/mol. The summed E-state index contributed by atoms with van der Waals surface area (Å²) in [6.45, 7) is 0.876. The Labute approximate surface area is 124 Å². The molecule has 5 nitrogen and oxygen atoms in total. The van der Waals surface area contributed by atoms with Crippen LogP contribution in [0, 0.1) is 5.82 Å². The fourth-order valence-electron chi connectivity index (χ4n) is 2.03. The van der Waals surface area contributed by atoms with Gasteiger partial charge in [0.2, 0.25) is 0 Å². The molecule has 0 spiro atoms. The fourth-order valence-corrected chi connectivity index (χ4v) is 2.21. The van der Waals surface area contributed by atoms with Crippen LogP contribution in [0.2, 0.25) is 5.02 Å². The van der Waals surface area contributed by atoms with Gasteiger partial charge in [0.1, 0.15) is 5.82 Å². The first-order valence-corrected chi connectivity index (χ1v) is 6.76. The molecule has 0 atom stereocenters. The molecule has 1 N–H and O–H groups in total. The minimum atomic E-state index is -0.459. The maximum Gasteiger partial charge on any atom is 0.350 e. The Morgan fingerprint density at radius 3 is 2.90 bits per heavy atom. The summed E-state index contributed by atoms with van der Waals surface area (Å²) in [5.41, 5.74) is 1.11. The molecular formula is C14H12ClFN4O. The molecule has 0 amide bonds. The number of rotatable bonds is 4. The van der Waals surface area contributed by atoms with Crippen LogP contribution in [0.25, 0.3) is 5.65 Å². The molecule has 7 heteroatoms. The first-order chi connectivity index (χ1) is 10.1. The van der Waals surface area contributed by atoms with Crippen LogP contribution in [-0.4, -0.2) is 20.7 Å². The molecule has 2 heterocycles. The van der Waals surface area contributed by atoms with E-state index < -0.39 is 5.82 Å². The number of fused-ring (bicyclic) bond motifs is 1. The molecule has 0 saturated heterocycles. The highest BCUT2D eigenvalue weighted by Crippen LogP contribution is 2.18. The van der Waals surface area contributed by atoms with Gasteiger partial charge in [-0.05, 0) is 30.3 Å². The maximum atomic E-state index is 13.0. The molecule has 0 radical (unpaired) electrons. The second-order valence-corrected chi connectivity index (χ2v) is 4.90. The average Bonchev–Trinajstić information content (AvgIpc) is 2.80. The largest absolute Gasteiger partial charge is 0.383 e. The molecule has 0 bridgehead atoms. The highest BCUT2D eigenvalue weighted by atomic mass is 35.5. The molecule has 0 unspecified atom stereocenters. The van der Waals surface area contributed by atoms with Gasteiger partial charge < -0.3 is 5.32 Å². The van der Waals surface area contributed by atoms with Crippen LogP contribution in [0.15, 0.2) is 47.4 Å². The minimum Gasteiger partial charge on any atom is -0.383 e. The summed E-state index contributed by atoms with van der Waals surface area (Å²) in [5, 5.41) is 7.35. The van der Waals surface area contributed by atoms with E-state index in [-0.39, 0.29) is 10.7 Å². The number of anilines is 1. The molecular weight excluding hydrogens is 295 g/mol. The molecule has 0 saturated carbocycles. The lowest BCUT2D eigenvalue weighted by Crippen LogP contribution is -2.24. The maximum absolute atomic E-state index is 13.0. The molecule has 3 aromatic rings. The second-order valence-electron chi connectivity index (χ2n) is 4.49. The van der Waals surface area contributed by atoms with Crippen LogP contribution in [-0.2, 0) is 6.54 Å². The van der Waals surface area contributed by atoms with E-state index >= 15 is 0 Å². The summed E-state index contributed by atoms with van der Waals surface area (Å²) in [6.07, 6.45) is 1.67. The zero-order chi connectivity index (χ0) is 14.8. The average molecular weight is 307 g/mol. The molecule has 3 rings (SSSR count). The summed E-state index contributed by atoms with van der Waals surface area (Å²) in [5.74, 6) is -0.459. The van der Waals surface area contributed by atoms with E-state index in [0.717, 1.165) is 0 Å². The van der Waals surface area contributed by atoms with Gasteiger partial charge in [-0.1, -0.05) is 17.7 Å². The van der Waals surface area contributed by atoms with Gasteiger partial charge in [0.05, 0.1) is 11.6 Å². The number of hydrogen-bond donors (Lipinski definition) is 1. The third-order valence-corrected chi connectivity index (χ3v) is 3.35. The van der Waals surface area contributed by atoms with Crippen LogP contribution < -0.4 is 11.0 Å². The van der Waals surface area contributed by atoms with Crippen molar-refractivity contribution in [1.82, 2.24) is 14.2 Å². The van der Waals surface area contributed by atoms with E-state index in [2.05, 4.69) is 10.4 Å². The molecule has 1 aromatic carbocycles. The Hall–Kier alpha value is -2.34. The molecule has 0 aliphatic heterocycles. The SMILES string of the molecule is O=c1n(CCNc2ccc(F)c(Cl)c2)nc2ccccn12. The van der Waals surface area contributed by atoms with Gasteiger partial charge in [-0.25, -0.2) is 13.9 Å². The van der Waals surface area contributed by atoms with Gasteiger partial charge in [-0.2, -0.15) is 0 Å². The van der Waals surface area contributed by atoms with Gasteiger partial charge in [0.25, 0.3) is 0 Å². The second kappa shape index (κ2) is 5.57. The highest BCUT2D eigenvalue weighted by Gasteiger charge is 2.05. The zero-order valence-corrected chi connectivity index (χ0v) is 11.7. The van der Waals surface area contributed by atoms with E-state index in [9.17, 15) is 9.18 Å². The molecule has 0 aliphatic carbocycles. The van der Waals surface area contributed by atoms with Crippen LogP contribution in [0.4, 0.5) is 10.1 Å². The van der Waals surface area contributed by atoms with Gasteiger partial charge in [-0.3, -0.25) is 4.40 Å². The minimum absolute atomic E-state index is 0.0601. The summed E-state index contributed by atoms with van der Waals surface area (Å²) in [4.78, 5) is 12.0. The van der Waals surface area contributed by atoms with Crippen molar-refractivity contribution in [3.63, 3.8) is 0 Å². The quantitative estimate of drug-likeness (QED) is 0.805. The zero-order valence-electron chi connectivity index (χ0n) is 11.0. The van der Waals surface area contributed by atoms with Crippen molar-refractivity contribution in [3.05, 3.63) is 63.9 Å². The molecule has 0 fully saturated rings. The fraction of sp³-hybridized carbons (Fsp3) is 0.143. The van der Waals surface area contributed by atoms with Crippen LogP contribution in [0.1, 0.15) is 0 Å². The van der Waals surface area contributed by atoms with Crippen molar-refractivity contribution < 1.29 is 4.39 Å². The topological polar surface area (TPSA) is 51.3 Å². The van der Waals surface area contributed by atoms with Gasteiger partial charge in [0, 0.05) is 18.4 Å². The van der Waals surface area contributed by atoms with Crippen molar-refractivity contribution in [3.8, 4) is 0 Å². The van der Waals surface area contributed by atoms with E-state index in [0.29, 0.717) is 24.4 Å². The number of benzene rings is 1. The lowest BCUT2D eigenvalue weighted by molar-refractivity contribution is 0.613. The first-order valence-electron chi connectivity index (χ1n) is 6.38. The third-order valence-electron chi connectivity index (χ3n) is 3.06. The predicted molar refractivity (Wildman–Crippen MR) is 79.4 cm³/mol. The molecule has 21 heavy (non-hydrogen) atoms. The normalized spacial score (nSPS) is 11.0. The summed E-state index contributed by atoms with van der Waals surface area (Å²) >= 11 is 5.70. The van der Waals surface area contributed by atoms with E-state index in [4.69, 9.17) is 11.6 Å². The Kier molecular flexibility index (Phi) is 3.62. The van der Waals surface area contributed by atoms with E-state index in [1.165, 1.54) is 21.2 Å². The third kappa shape index (κ3) is 2.75. The molecule has 108 valence electrons. The Bertz CT molecular complexity index is 842. The lowest BCUT2D eigenvalue weighted by Gasteiger charge is -2.06. The van der Waals surface area contributed by atoms with Crippen molar-refractivity contribution >= 4 is 22.9 Å². The van der Waals surface area contributed by atoms with E-state index in [1.807, 2.05) is 6.07 Å². The highest BCUT2D eigenvalue weighted by molar-refractivity contribution is 6.31. The lowest BCUT2D eigenvalue weighted by atomic mass is 10.3. The van der Waals surface area contributed by atoms with Crippen LogP contribution in [0.3, 0.4) is 0 Å². The standard InChI is InChI=1S/C14H12ClFN4O/c15-11-9-10(4-5-12(11)16)17-6-8-20-14(21)19-7-2-1-3-13(19)18-20/h1-5,7,9,17H,6,8H2. The van der Waals surface area contributed by atoms with Crippen molar-refractivity contribution in [2.24, 2.45) is 0 Å². The number of pyridine rings is 1. The Morgan fingerprint density at radius 2 is 2.14 bits per heavy atom. The van der Waals surface area contributed by atoms with Crippen molar-refractivity contribution in [2.75, 3.05) is 11.9 Å². The Balaban J connectivity index is 1.70.